The highest BCUT2D eigenvalue weighted by molar-refractivity contribution is 6.06. The molecule has 2 aromatic carbocycles. The zero-order valence-electron chi connectivity index (χ0n) is 10.1. The Hall–Kier alpha value is -2.86. The van der Waals surface area contributed by atoms with Crippen molar-refractivity contribution in [1.82, 2.24) is 0 Å². The lowest BCUT2D eigenvalue weighted by molar-refractivity contribution is 0.104. The maximum absolute atomic E-state index is 11.9. The van der Waals surface area contributed by atoms with Crippen LogP contribution < -0.4 is 0 Å². The third-order valence-electron chi connectivity index (χ3n) is 2.63. The SMILES string of the molecule is N#Cc1cc(O)ccc1/C=C/C(=O)c1ccccc1. The molecule has 0 aliphatic rings. The van der Waals surface area contributed by atoms with Crippen LogP contribution >= 0.6 is 0 Å². The molecule has 0 heterocycles. The molecule has 0 atom stereocenters. The summed E-state index contributed by atoms with van der Waals surface area (Å²) < 4.78 is 0. The van der Waals surface area contributed by atoms with E-state index in [4.69, 9.17) is 5.26 Å². The standard InChI is InChI=1S/C16H11NO2/c17-11-14-10-15(18)8-6-12(14)7-9-16(19)13-4-2-1-3-5-13/h1-10,18H/b9-7+. The number of carbonyl (C=O) groups is 1. The van der Waals surface area contributed by atoms with Gasteiger partial charge in [0.15, 0.2) is 5.78 Å². The number of nitrogens with zero attached hydrogens (tertiary/aromatic N) is 1. The van der Waals surface area contributed by atoms with Crippen molar-refractivity contribution in [1.29, 1.82) is 5.26 Å². The number of hydrogen-bond acceptors (Lipinski definition) is 3. The lowest BCUT2D eigenvalue weighted by Crippen LogP contribution is -1.93. The van der Waals surface area contributed by atoms with Gasteiger partial charge in [0.1, 0.15) is 5.75 Å². The van der Waals surface area contributed by atoms with Crippen molar-refractivity contribution in [2.24, 2.45) is 0 Å². The molecule has 0 fully saturated rings. The van der Waals surface area contributed by atoms with E-state index in [0.717, 1.165) is 0 Å². The Balaban J connectivity index is 2.25. The second kappa shape index (κ2) is 5.65. The molecule has 0 aromatic heterocycles. The second-order valence-electron chi connectivity index (χ2n) is 3.95. The molecule has 0 bridgehead atoms. The second-order valence-corrected chi connectivity index (χ2v) is 3.95. The van der Waals surface area contributed by atoms with Crippen molar-refractivity contribution in [3.05, 3.63) is 71.3 Å². The number of rotatable bonds is 3. The van der Waals surface area contributed by atoms with Gasteiger partial charge in [0.2, 0.25) is 0 Å². The first-order valence-corrected chi connectivity index (χ1v) is 5.71. The molecule has 2 rings (SSSR count). The van der Waals surface area contributed by atoms with E-state index in [9.17, 15) is 9.90 Å². The molecule has 92 valence electrons. The Kier molecular flexibility index (Phi) is 3.75. The van der Waals surface area contributed by atoms with Gasteiger partial charge in [-0.1, -0.05) is 30.3 Å². The van der Waals surface area contributed by atoms with E-state index in [1.807, 2.05) is 12.1 Å². The molecule has 0 aliphatic carbocycles. The third kappa shape index (κ3) is 3.08. The summed E-state index contributed by atoms with van der Waals surface area (Å²) in [7, 11) is 0. The van der Waals surface area contributed by atoms with E-state index >= 15 is 0 Å². The maximum atomic E-state index is 11.9. The van der Waals surface area contributed by atoms with Crippen molar-refractivity contribution in [2.45, 2.75) is 0 Å². The van der Waals surface area contributed by atoms with Gasteiger partial charge in [-0.2, -0.15) is 5.26 Å². The quantitative estimate of drug-likeness (QED) is 0.671. The smallest absolute Gasteiger partial charge is 0.185 e. The normalized spacial score (nSPS) is 10.3. The summed E-state index contributed by atoms with van der Waals surface area (Å²) in [5.74, 6) is -0.0966. The van der Waals surface area contributed by atoms with Crippen LogP contribution in [0.3, 0.4) is 0 Å². The Morgan fingerprint density at radius 2 is 1.89 bits per heavy atom. The van der Waals surface area contributed by atoms with Gasteiger partial charge in [0.05, 0.1) is 11.6 Å². The first kappa shape index (κ1) is 12.6. The monoisotopic (exact) mass is 249 g/mol. The zero-order valence-corrected chi connectivity index (χ0v) is 10.1. The number of phenols is 1. The summed E-state index contributed by atoms with van der Waals surface area (Å²) in [6.07, 6.45) is 3.00. The van der Waals surface area contributed by atoms with E-state index in [1.54, 1.807) is 36.4 Å². The van der Waals surface area contributed by atoms with Crippen molar-refractivity contribution < 1.29 is 9.90 Å². The number of phenolic OH excluding ortho intramolecular Hbond substituents is 1. The minimum atomic E-state index is -0.127. The Labute approximate surface area is 111 Å². The minimum Gasteiger partial charge on any atom is -0.508 e. The lowest BCUT2D eigenvalue weighted by atomic mass is 10.1. The van der Waals surface area contributed by atoms with E-state index in [1.165, 1.54) is 18.2 Å². The van der Waals surface area contributed by atoms with Gasteiger partial charge in [-0.15, -0.1) is 0 Å². The van der Waals surface area contributed by atoms with Crippen LogP contribution in [0.2, 0.25) is 0 Å². The molecule has 2 aromatic rings. The average Bonchev–Trinajstić information content (AvgIpc) is 2.46. The average molecular weight is 249 g/mol. The molecule has 3 heteroatoms. The predicted molar refractivity (Wildman–Crippen MR) is 72.6 cm³/mol. The van der Waals surface area contributed by atoms with Crippen LogP contribution in [0.25, 0.3) is 6.08 Å². The van der Waals surface area contributed by atoms with Gasteiger partial charge in [0.25, 0.3) is 0 Å². The maximum Gasteiger partial charge on any atom is 0.185 e. The van der Waals surface area contributed by atoms with Crippen LogP contribution in [-0.2, 0) is 0 Å². The van der Waals surface area contributed by atoms with Gasteiger partial charge >= 0.3 is 0 Å². The Morgan fingerprint density at radius 3 is 2.58 bits per heavy atom. The summed E-state index contributed by atoms with van der Waals surface area (Å²) in [4.78, 5) is 11.9. The van der Waals surface area contributed by atoms with Crippen molar-refractivity contribution in [2.75, 3.05) is 0 Å². The summed E-state index contributed by atoms with van der Waals surface area (Å²) in [5, 5.41) is 18.2. The number of benzene rings is 2. The highest BCUT2D eigenvalue weighted by atomic mass is 16.3. The molecule has 0 aliphatic heterocycles. The molecular formula is C16H11NO2. The van der Waals surface area contributed by atoms with Crippen molar-refractivity contribution in [3.8, 4) is 11.8 Å². The van der Waals surface area contributed by atoms with Gasteiger partial charge in [-0.05, 0) is 35.9 Å². The van der Waals surface area contributed by atoms with Crippen LogP contribution in [0, 0.1) is 11.3 Å². The highest BCUT2D eigenvalue weighted by Crippen LogP contribution is 2.17. The summed E-state index contributed by atoms with van der Waals surface area (Å²) in [5.41, 5.74) is 1.53. The summed E-state index contributed by atoms with van der Waals surface area (Å²) in [6, 6.07) is 15.3. The van der Waals surface area contributed by atoms with Gasteiger partial charge in [-0.3, -0.25) is 4.79 Å². The number of aromatic hydroxyl groups is 1. The Bertz CT molecular complexity index is 667. The molecule has 0 unspecified atom stereocenters. The highest BCUT2D eigenvalue weighted by Gasteiger charge is 2.02. The minimum absolute atomic E-state index is 0.0306. The fraction of sp³-hybridized carbons (Fsp3) is 0. The van der Waals surface area contributed by atoms with Crippen LogP contribution in [0.15, 0.2) is 54.6 Å². The molecule has 19 heavy (non-hydrogen) atoms. The Morgan fingerprint density at radius 1 is 1.16 bits per heavy atom. The largest absolute Gasteiger partial charge is 0.508 e. The third-order valence-corrected chi connectivity index (χ3v) is 2.63. The summed E-state index contributed by atoms with van der Waals surface area (Å²) >= 11 is 0. The topological polar surface area (TPSA) is 61.1 Å². The van der Waals surface area contributed by atoms with Gasteiger partial charge in [0, 0.05) is 5.56 Å². The first-order valence-electron chi connectivity index (χ1n) is 5.71. The number of allylic oxidation sites excluding steroid dienone is 1. The van der Waals surface area contributed by atoms with Crippen molar-refractivity contribution in [3.63, 3.8) is 0 Å². The summed E-state index contributed by atoms with van der Waals surface area (Å²) in [6.45, 7) is 0. The van der Waals surface area contributed by atoms with Gasteiger partial charge in [-0.25, -0.2) is 0 Å². The van der Waals surface area contributed by atoms with Crippen LogP contribution in [0.5, 0.6) is 5.75 Å². The fourth-order valence-electron chi connectivity index (χ4n) is 1.65. The first-order chi connectivity index (χ1) is 9.20. The number of ketones is 1. The van der Waals surface area contributed by atoms with E-state index in [-0.39, 0.29) is 11.5 Å². The molecule has 0 amide bonds. The zero-order chi connectivity index (χ0) is 13.7. The predicted octanol–water partition coefficient (Wildman–Crippen LogP) is 3.16. The van der Waals surface area contributed by atoms with Crippen LogP contribution in [0.4, 0.5) is 0 Å². The lowest BCUT2D eigenvalue weighted by Gasteiger charge is -1.99. The number of nitriles is 1. The van der Waals surface area contributed by atoms with E-state index in [0.29, 0.717) is 16.7 Å². The molecule has 1 N–H and O–H groups in total. The molecular weight excluding hydrogens is 238 g/mol. The molecule has 0 radical (unpaired) electrons. The van der Waals surface area contributed by atoms with E-state index < -0.39 is 0 Å². The molecule has 0 saturated heterocycles. The molecule has 3 nitrogen and oxygen atoms in total. The number of carbonyl (C=O) groups excluding carboxylic acids is 1. The van der Waals surface area contributed by atoms with Crippen molar-refractivity contribution >= 4 is 11.9 Å². The van der Waals surface area contributed by atoms with Crippen LogP contribution in [0.1, 0.15) is 21.5 Å². The fourth-order valence-corrected chi connectivity index (χ4v) is 1.65. The number of hydrogen-bond donors (Lipinski definition) is 1. The van der Waals surface area contributed by atoms with Crippen LogP contribution in [-0.4, -0.2) is 10.9 Å². The molecule has 0 saturated carbocycles. The van der Waals surface area contributed by atoms with E-state index in [2.05, 4.69) is 0 Å². The van der Waals surface area contributed by atoms with Gasteiger partial charge < -0.3 is 5.11 Å². The molecule has 0 spiro atoms.